The second-order valence-electron chi connectivity index (χ2n) is 7.49. The van der Waals surface area contributed by atoms with Gasteiger partial charge < -0.3 is 4.74 Å². The normalized spacial score (nSPS) is 21.8. The molecule has 0 radical (unpaired) electrons. The molecule has 1 aliphatic heterocycles. The van der Waals surface area contributed by atoms with E-state index in [9.17, 15) is 0 Å². The topological polar surface area (TPSA) is 24.8 Å². The lowest BCUT2D eigenvalue weighted by Gasteiger charge is -2.29. The van der Waals surface area contributed by atoms with Gasteiger partial charge in [-0.2, -0.15) is 5.10 Å². The molecule has 2 aliphatic rings. The molecule has 1 heterocycles. The van der Waals surface area contributed by atoms with Crippen LogP contribution in [0.4, 0.5) is 0 Å². The molecule has 1 aliphatic carbocycles. The van der Waals surface area contributed by atoms with E-state index in [1.54, 1.807) is 7.11 Å². The maximum atomic E-state index is 5.38. The van der Waals surface area contributed by atoms with Crippen LogP contribution in [-0.2, 0) is 6.42 Å². The minimum Gasteiger partial charge on any atom is -0.497 e. The molecule has 4 rings (SSSR count). The fourth-order valence-corrected chi connectivity index (χ4v) is 4.26. The highest BCUT2D eigenvalue weighted by Crippen LogP contribution is 2.43. The van der Waals surface area contributed by atoms with Crippen molar-refractivity contribution in [1.29, 1.82) is 0 Å². The van der Waals surface area contributed by atoms with E-state index in [1.165, 1.54) is 28.0 Å². The van der Waals surface area contributed by atoms with Gasteiger partial charge in [0.1, 0.15) is 5.75 Å². The third-order valence-corrected chi connectivity index (χ3v) is 5.66. The fourth-order valence-electron chi connectivity index (χ4n) is 4.26. The van der Waals surface area contributed by atoms with E-state index < -0.39 is 0 Å². The van der Waals surface area contributed by atoms with Crippen molar-refractivity contribution in [2.45, 2.75) is 38.6 Å². The molecule has 130 valence electrons. The summed E-state index contributed by atoms with van der Waals surface area (Å²) in [5, 5.41) is 7.09. The van der Waals surface area contributed by atoms with Gasteiger partial charge in [-0.3, -0.25) is 5.01 Å². The summed E-state index contributed by atoms with van der Waals surface area (Å²) in [6, 6.07) is 15.9. The van der Waals surface area contributed by atoms with Crippen LogP contribution in [0.1, 0.15) is 54.5 Å². The van der Waals surface area contributed by atoms with E-state index in [2.05, 4.69) is 68.4 Å². The molecule has 0 saturated heterocycles. The number of rotatable bonds is 3. The van der Waals surface area contributed by atoms with Crippen LogP contribution in [0.5, 0.6) is 5.75 Å². The zero-order chi connectivity index (χ0) is 17.6. The number of aryl methyl sites for hydroxylation is 1. The molecular weight excluding hydrogens is 308 g/mol. The molecule has 0 unspecified atom stereocenters. The highest BCUT2D eigenvalue weighted by Gasteiger charge is 2.40. The second-order valence-corrected chi connectivity index (χ2v) is 7.49. The molecule has 2 atom stereocenters. The molecule has 25 heavy (non-hydrogen) atoms. The van der Waals surface area contributed by atoms with Crippen molar-refractivity contribution in [2.24, 2.45) is 11.0 Å². The van der Waals surface area contributed by atoms with Gasteiger partial charge in [-0.1, -0.05) is 38.1 Å². The van der Waals surface area contributed by atoms with Gasteiger partial charge in [-0.15, -0.1) is 0 Å². The van der Waals surface area contributed by atoms with Crippen LogP contribution in [0, 0.1) is 5.92 Å². The van der Waals surface area contributed by atoms with E-state index in [1.807, 2.05) is 0 Å². The first-order valence-corrected chi connectivity index (χ1v) is 9.17. The lowest BCUT2D eigenvalue weighted by Crippen LogP contribution is -2.27. The van der Waals surface area contributed by atoms with Crippen LogP contribution in [0.3, 0.4) is 0 Å². The predicted octanol–water partition coefficient (Wildman–Crippen LogP) is 4.77. The Morgan fingerprint density at radius 3 is 2.56 bits per heavy atom. The van der Waals surface area contributed by atoms with Gasteiger partial charge in [-0.25, -0.2) is 0 Å². The maximum absolute atomic E-state index is 5.38. The minimum absolute atomic E-state index is 0.339. The zero-order valence-corrected chi connectivity index (χ0v) is 15.5. The minimum atomic E-state index is 0.339. The lowest BCUT2D eigenvalue weighted by molar-refractivity contribution is 0.244. The Kier molecular flexibility index (Phi) is 4.03. The Bertz CT molecular complexity index is 807. The van der Waals surface area contributed by atoms with Crippen molar-refractivity contribution in [3.05, 3.63) is 64.7 Å². The molecule has 2 aromatic rings. The Balaban J connectivity index is 1.66. The molecule has 0 spiro atoms. The van der Waals surface area contributed by atoms with Crippen molar-refractivity contribution >= 4 is 5.71 Å². The Hall–Kier alpha value is -2.29. The Morgan fingerprint density at radius 1 is 1.12 bits per heavy atom. The van der Waals surface area contributed by atoms with Crippen molar-refractivity contribution in [2.75, 3.05) is 14.2 Å². The van der Waals surface area contributed by atoms with E-state index >= 15 is 0 Å². The number of hydrogen-bond donors (Lipinski definition) is 0. The molecule has 0 amide bonds. The molecule has 3 nitrogen and oxygen atoms in total. The number of benzene rings is 2. The van der Waals surface area contributed by atoms with E-state index in [4.69, 9.17) is 9.84 Å². The van der Waals surface area contributed by atoms with E-state index in [-0.39, 0.29) is 0 Å². The summed E-state index contributed by atoms with van der Waals surface area (Å²) < 4.78 is 5.38. The van der Waals surface area contributed by atoms with Crippen molar-refractivity contribution in [3.8, 4) is 5.75 Å². The van der Waals surface area contributed by atoms with Crippen molar-refractivity contribution in [3.63, 3.8) is 0 Å². The number of methoxy groups -OCH3 is 1. The summed E-state index contributed by atoms with van der Waals surface area (Å²) in [4.78, 5) is 0. The Morgan fingerprint density at radius 2 is 1.88 bits per heavy atom. The number of nitrogens with zero attached hydrogens (tertiary/aromatic N) is 2. The van der Waals surface area contributed by atoms with Gasteiger partial charge >= 0.3 is 0 Å². The Labute approximate surface area is 150 Å². The lowest BCUT2D eigenvalue weighted by atomic mass is 9.77. The summed E-state index contributed by atoms with van der Waals surface area (Å²) in [5.74, 6) is 1.97. The summed E-state index contributed by atoms with van der Waals surface area (Å²) >= 11 is 0. The number of hydrazone groups is 1. The first-order valence-electron chi connectivity index (χ1n) is 9.17. The van der Waals surface area contributed by atoms with Gasteiger partial charge in [0.2, 0.25) is 0 Å². The summed E-state index contributed by atoms with van der Waals surface area (Å²) in [7, 11) is 3.83. The zero-order valence-electron chi connectivity index (χ0n) is 15.5. The highest BCUT2D eigenvalue weighted by molar-refractivity contribution is 6.05. The maximum Gasteiger partial charge on any atom is 0.119 e. The molecule has 2 aromatic carbocycles. The third-order valence-electron chi connectivity index (χ3n) is 5.66. The molecule has 0 saturated carbocycles. The fraction of sp³-hybridized carbons (Fsp3) is 0.409. The average Bonchev–Trinajstić information content (AvgIpc) is 2.97. The van der Waals surface area contributed by atoms with Gasteiger partial charge in [0.25, 0.3) is 0 Å². The van der Waals surface area contributed by atoms with E-state index in [0.717, 1.165) is 18.6 Å². The quantitative estimate of drug-likeness (QED) is 0.807. The van der Waals surface area contributed by atoms with E-state index in [0.29, 0.717) is 17.9 Å². The van der Waals surface area contributed by atoms with Gasteiger partial charge in [-0.05, 0) is 53.6 Å². The molecule has 0 aromatic heterocycles. The van der Waals surface area contributed by atoms with Crippen LogP contribution in [0.2, 0.25) is 0 Å². The molecule has 0 N–H and O–H groups in total. The second kappa shape index (κ2) is 6.21. The van der Waals surface area contributed by atoms with Crippen molar-refractivity contribution < 1.29 is 4.74 Å². The van der Waals surface area contributed by atoms with Crippen molar-refractivity contribution in [1.82, 2.24) is 5.01 Å². The SMILES string of the molecule is COc1ccc2c(c1)CC[C@H]1C2=NN(C)[C@H]1c1ccc(C(C)C)cc1. The van der Waals surface area contributed by atoms with Gasteiger partial charge in [0, 0.05) is 18.5 Å². The first-order chi connectivity index (χ1) is 12.1. The molecule has 0 bridgehead atoms. The van der Waals surface area contributed by atoms with Gasteiger partial charge in [0.05, 0.1) is 18.9 Å². The predicted molar refractivity (Wildman–Crippen MR) is 102 cm³/mol. The van der Waals surface area contributed by atoms with Crippen LogP contribution < -0.4 is 4.74 Å². The highest BCUT2D eigenvalue weighted by atomic mass is 16.5. The molecular formula is C22H26N2O. The summed E-state index contributed by atoms with van der Waals surface area (Å²) in [6.45, 7) is 4.48. The standard InChI is InChI=1S/C22H26N2O/c1-14(2)15-5-7-16(8-6-15)22-20-11-9-17-13-18(25-4)10-12-19(17)21(20)23-24(22)3/h5-8,10,12-14,20,22H,9,11H2,1-4H3/t20-,22-/m0/s1. The molecule has 0 fully saturated rings. The third kappa shape index (κ3) is 2.72. The summed E-state index contributed by atoms with van der Waals surface area (Å²) in [5.41, 5.74) is 6.66. The first kappa shape index (κ1) is 16.2. The van der Waals surface area contributed by atoms with Crippen LogP contribution in [0.25, 0.3) is 0 Å². The summed E-state index contributed by atoms with van der Waals surface area (Å²) in [6.07, 6.45) is 2.23. The van der Waals surface area contributed by atoms with Gasteiger partial charge in [0.15, 0.2) is 0 Å². The number of hydrogen-bond acceptors (Lipinski definition) is 3. The van der Waals surface area contributed by atoms with Crippen LogP contribution in [0.15, 0.2) is 47.6 Å². The average molecular weight is 334 g/mol. The number of ether oxygens (including phenoxy) is 1. The van der Waals surface area contributed by atoms with Crippen LogP contribution in [-0.4, -0.2) is 24.9 Å². The smallest absolute Gasteiger partial charge is 0.119 e. The monoisotopic (exact) mass is 334 g/mol. The largest absolute Gasteiger partial charge is 0.497 e. The number of fused-ring (bicyclic) bond motifs is 3. The van der Waals surface area contributed by atoms with Crippen LogP contribution >= 0.6 is 0 Å². The molecule has 3 heteroatoms.